The van der Waals surface area contributed by atoms with Crippen LogP contribution in [-0.2, 0) is 35.2 Å². The number of carboxylic acids is 1. The maximum atomic E-state index is 11.7. The number of aliphatic hydroxyl groups is 1. The van der Waals surface area contributed by atoms with Gasteiger partial charge in [0.2, 0.25) is 12.2 Å². The number of aliphatic carboxylic acids is 1. The highest BCUT2D eigenvalue weighted by Gasteiger charge is 2.34. The number of aliphatic hydroxyl groups excluding tert-OH is 1. The molecule has 1 heterocycles. The van der Waals surface area contributed by atoms with Crippen LogP contribution in [0.25, 0.3) is 0 Å². The van der Waals surface area contributed by atoms with Crippen molar-refractivity contribution in [1.29, 1.82) is 0 Å². The van der Waals surface area contributed by atoms with Crippen LogP contribution < -0.4 is 14.8 Å². The first-order chi connectivity index (χ1) is 17.3. The van der Waals surface area contributed by atoms with Crippen LogP contribution in [0.2, 0.25) is 0 Å². The molecule has 1 amide bonds. The van der Waals surface area contributed by atoms with E-state index in [2.05, 4.69) is 12.2 Å². The summed E-state index contributed by atoms with van der Waals surface area (Å²) in [6, 6.07) is 4.86. The number of esters is 1. The van der Waals surface area contributed by atoms with E-state index in [9.17, 15) is 24.6 Å². The van der Waals surface area contributed by atoms with Gasteiger partial charge in [0.25, 0.3) is 0 Å². The molecule has 1 aliphatic rings. The lowest BCUT2D eigenvalue weighted by atomic mass is 10.1. The number of hydrogen-bond donors (Lipinski definition) is 3. The quantitative estimate of drug-likeness (QED) is 0.223. The first kappa shape index (κ1) is 29.3. The van der Waals surface area contributed by atoms with Crippen molar-refractivity contribution in [2.45, 2.75) is 77.5 Å². The van der Waals surface area contributed by atoms with Crippen LogP contribution in [-0.4, -0.2) is 72.9 Å². The summed E-state index contributed by atoms with van der Waals surface area (Å²) in [6.45, 7) is 4.61. The van der Waals surface area contributed by atoms with E-state index in [-0.39, 0.29) is 38.6 Å². The second-order valence-corrected chi connectivity index (χ2v) is 8.45. The monoisotopic (exact) mass is 511 g/mol. The van der Waals surface area contributed by atoms with Gasteiger partial charge in [-0.1, -0.05) is 19.8 Å². The summed E-state index contributed by atoms with van der Waals surface area (Å²) >= 11 is 0. The molecule has 3 atom stereocenters. The predicted molar refractivity (Wildman–Crippen MR) is 128 cm³/mol. The number of ether oxygens (including phenoxy) is 5. The minimum Gasteiger partial charge on any atom is -0.491 e. The van der Waals surface area contributed by atoms with Gasteiger partial charge < -0.3 is 39.2 Å². The van der Waals surface area contributed by atoms with Gasteiger partial charge in [-0.25, -0.2) is 4.79 Å². The molecule has 1 aliphatic heterocycles. The van der Waals surface area contributed by atoms with Crippen LogP contribution in [0.3, 0.4) is 0 Å². The summed E-state index contributed by atoms with van der Waals surface area (Å²) < 4.78 is 27.5. The molecule has 0 aliphatic carbocycles. The smallest absolute Gasteiger partial charge is 0.333 e. The van der Waals surface area contributed by atoms with Crippen LogP contribution >= 0.6 is 0 Å². The Morgan fingerprint density at radius 1 is 1.14 bits per heavy atom. The Kier molecular flexibility index (Phi) is 13.0. The maximum Gasteiger partial charge on any atom is 0.333 e. The van der Waals surface area contributed by atoms with E-state index >= 15 is 0 Å². The van der Waals surface area contributed by atoms with E-state index in [1.165, 1.54) is 6.92 Å². The van der Waals surface area contributed by atoms with Crippen LogP contribution in [0.4, 0.5) is 0 Å². The lowest BCUT2D eigenvalue weighted by Crippen LogP contribution is -2.42. The third-order valence-electron chi connectivity index (χ3n) is 5.34. The zero-order valence-electron chi connectivity index (χ0n) is 20.9. The van der Waals surface area contributed by atoms with Gasteiger partial charge in [0, 0.05) is 44.4 Å². The Morgan fingerprint density at radius 3 is 2.67 bits per heavy atom. The number of carbonyl (C=O) groups is 3. The van der Waals surface area contributed by atoms with Crippen LogP contribution in [0.5, 0.6) is 11.5 Å². The predicted octanol–water partition coefficient (Wildman–Crippen LogP) is 2.17. The Balaban J connectivity index is 1.85. The molecule has 0 bridgehead atoms. The molecule has 0 unspecified atom stereocenters. The van der Waals surface area contributed by atoms with Crippen LogP contribution in [0, 0.1) is 0 Å². The third kappa shape index (κ3) is 11.2. The van der Waals surface area contributed by atoms with Gasteiger partial charge in [0.05, 0.1) is 19.3 Å². The van der Waals surface area contributed by atoms with Crippen molar-refractivity contribution in [3.63, 3.8) is 0 Å². The molecular weight excluding hydrogens is 474 g/mol. The molecule has 0 aromatic heterocycles. The number of unbranched alkanes of at least 4 members (excludes halogenated alkanes) is 2. The third-order valence-corrected chi connectivity index (χ3v) is 5.34. The average Bonchev–Trinajstić information content (AvgIpc) is 2.82. The van der Waals surface area contributed by atoms with Gasteiger partial charge in [-0.2, -0.15) is 0 Å². The standard InChI is InChI=1S/C25H37NO10/c1-3-4-5-6-23(29)26-9-10-32-11-12-33-21-15-20(8-7-18(21)16-34-17(2)27)35-24-14-19(28)13-22(36-24)25(30)31/h7-8,15,19,22,24,28H,3-6,9-14,16H2,1-2H3,(H,26,29)(H,30,31)/t19-,22-,24+/m0/s1. The highest BCUT2D eigenvalue weighted by Crippen LogP contribution is 2.29. The molecule has 0 radical (unpaired) electrons. The van der Waals surface area contributed by atoms with E-state index in [0.717, 1.165) is 19.3 Å². The van der Waals surface area contributed by atoms with E-state index < -0.39 is 30.4 Å². The molecule has 1 fully saturated rings. The average molecular weight is 512 g/mol. The second kappa shape index (κ2) is 16.0. The van der Waals surface area contributed by atoms with Gasteiger partial charge in [-0.05, 0) is 18.6 Å². The first-order valence-electron chi connectivity index (χ1n) is 12.2. The lowest BCUT2D eigenvalue weighted by Gasteiger charge is -2.31. The fourth-order valence-corrected chi connectivity index (χ4v) is 3.49. The molecule has 1 aromatic carbocycles. The molecule has 1 aromatic rings. The molecular formula is C25H37NO10. The zero-order chi connectivity index (χ0) is 26.3. The van der Waals surface area contributed by atoms with Gasteiger partial charge in [0.15, 0.2) is 6.10 Å². The second-order valence-electron chi connectivity index (χ2n) is 8.45. The number of nitrogens with one attached hydrogen (secondary N) is 1. The SMILES string of the molecule is CCCCCC(=O)NCCOCCOc1cc(O[C@H]2C[C@@H](O)C[C@@H](C(=O)O)O2)ccc1COC(C)=O. The molecule has 36 heavy (non-hydrogen) atoms. The normalized spacial score (nSPS) is 19.4. The largest absolute Gasteiger partial charge is 0.491 e. The molecule has 0 saturated carbocycles. The van der Waals surface area contributed by atoms with E-state index in [1.807, 2.05) is 0 Å². The zero-order valence-corrected chi connectivity index (χ0v) is 20.9. The summed E-state index contributed by atoms with van der Waals surface area (Å²) in [5, 5.41) is 21.9. The Labute approximate surface area is 211 Å². The number of hydrogen-bond acceptors (Lipinski definition) is 9. The van der Waals surface area contributed by atoms with Crippen molar-refractivity contribution in [1.82, 2.24) is 5.32 Å². The highest BCUT2D eigenvalue weighted by molar-refractivity contribution is 5.75. The number of carboxylic acid groups (broad SMARTS) is 1. The van der Waals surface area contributed by atoms with Crippen molar-refractivity contribution in [3.8, 4) is 11.5 Å². The van der Waals surface area contributed by atoms with Gasteiger partial charge >= 0.3 is 11.9 Å². The summed E-state index contributed by atoms with van der Waals surface area (Å²) in [6.07, 6.45) is 0.652. The Bertz CT molecular complexity index is 846. The Hall–Kier alpha value is -2.89. The number of amides is 1. The first-order valence-corrected chi connectivity index (χ1v) is 12.2. The van der Waals surface area contributed by atoms with E-state index in [0.29, 0.717) is 36.6 Å². The van der Waals surface area contributed by atoms with Gasteiger partial charge in [-0.3, -0.25) is 9.59 Å². The minimum absolute atomic E-state index is 0.00437. The van der Waals surface area contributed by atoms with Crippen molar-refractivity contribution >= 4 is 17.8 Å². The molecule has 2 rings (SSSR count). The van der Waals surface area contributed by atoms with Crippen molar-refractivity contribution < 1.29 is 48.3 Å². The highest BCUT2D eigenvalue weighted by atomic mass is 16.7. The summed E-state index contributed by atoms with van der Waals surface area (Å²) in [7, 11) is 0. The maximum absolute atomic E-state index is 11.7. The topological polar surface area (TPSA) is 150 Å². The Morgan fingerprint density at radius 2 is 1.94 bits per heavy atom. The summed E-state index contributed by atoms with van der Waals surface area (Å²) in [5.41, 5.74) is 0.602. The molecule has 11 heteroatoms. The van der Waals surface area contributed by atoms with Crippen molar-refractivity contribution in [2.24, 2.45) is 0 Å². The molecule has 0 spiro atoms. The number of rotatable bonds is 16. The lowest BCUT2D eigenvalue weighted by molar-refractivity contribution is -0.195. The fraction of sp³-hybridized carbons (Fsp3) is 0.640. The number of carbonyl (C=O) groups excluding carboxylic acids is 2. The minimum atomic E-state index is -1.17. The van der Waals surface area contributed by atoms with Crippen LogP contribution in [0.1, 0.15) is 57.9 Å². The van der Waals surface area contributed by atoms with E-state index in [1.54, 1.807) is 18.2 Å². The van der Waals surface area contributed by atoms with Crippen LogP contribution in [0.15, 0.2) is 18.2 Å². The number of benzene rings is 1. The molecule has 3 N–H and O–H groups in total. The molecule has 202 valence electrons. The summed E-state index contributed by atoms with van der Waals surface area (Å²) in [4.78, 5) is 34.2. The van der Waals surface area contributed by atoms with Crippen molar-refractivity contribution in [2.75, 3.05) is 26.4 Å². The molecule has 1 saturated heterocycles. The van der Waals surface area contributed by atoms with Gasteiger partial charge in [0.1, 0.15) is 24.7 Å². The van der Waals surface area contributed by atoms with E-state index in [4.69, 9.17) is 23.7 Å². The molecule has 11 nitrogen and oxygen atoms in total. The van der Waals surface area contributed by atoms with Crippen molar-refractivity contribution in [3.05, 3.63) is 23.8 Å². The fourth-order valence-electron chi connectivity index (χ4n) is 3.49. The summed E-state index contributed by atoms with van der Waals surface area (Å²) in [5.74, 6) is -0.858. The van der Waals surface area contributed by atoms with Gasteiger partial charge in [-0.15, -0.1) is 0 Å².